The number of hydrogen-bond acceptors (Lipinski definition) is 4. The van der Waals surface area contributed by atoms with E-state index in [-0.39, 0.29) is 11.9 Å². The number of benzene rings is 2. The van der Waals surface area contributed by atoms with Crippen LogP contribution in [-0.4, -0.2) is 23.5 Å². The summed E-state index contributed by atoms with van der Waals surface area (Å²) in [5.74, 6) is 0.534. The number of nitrogens with one attached hydrogen (secondary N) is 1. The lowest BCUT2D eigenvalue weighted by Crippen LogP contribution is -2.41. The van der Waals surface area contributed by atoms with E-state index in [9.17, 15) is 4.79 Å². The van der Waals surface area contributed by atoms with E-state index in [1.807, 2.05) is 18.2 Å². The van der Waals surface area contributed by atoms with Gasteiger partial charge in [0.1, 0.15) is 0 Å². The molecule has 1 atom stereocenters. The molecule has 1 unspecified atom stereocenters. The molecule has 0 aliphatic rings. The number of nitrogens with zero attached hydrogens (tertiary/aromatic N) is 1. The molecule has 0 spiro atoms. The highest BCUT2D eigenvalue weighted by Gasteiger charge is 2.13. The number of rotatable bonds is 8. The molecule has 0 aliphatic carbocycles. The molecule has 0 aliphatic heterocycles. The van der Waals surface area contributed by atoms with Crippen LogP contribution in [0.25, 0.3) is 10.2 Å². The maximum Gasteiger partial charge on any atom is 0.220 e. The van der Waals surface area contributed by atoms with Crippen LogP contribution in [-0.2, 0) is 17.6 Å². The number of carbonyl (C=O) groups is 1. The Labute approximate surface area is 164 Å². The van der Waals surface area contributed by atoms with Gasteiger partial charge in [-0.3, -0.25) is 4.79 Å². The highest BCUT2D eigenvalue weighted by atomic mass is 32.1. The second kappa shape index (κ2) is 9.11. The van der Waals surface area contributed by atoms with Gasteiger partial charge in [0, 0.05) is 25.4 Å². The van der Waals surface area contributed by atoms with E-state index in [2.05, 4.69) is 54.5 Å². The van der Waals surface area contributed by atoms with Gasteiger partial charge in [-0.15, -0.1) is 11.3 Å². The van der Waals surface area contributed by atoms with Crippen molar-refractivity contribution < 1.29 is 4.79 Å². The average Bonchev–Trinajstić information content (AvgIpc) is 3.08. The number of aromatic nitrogens is 1. The summed E-state index contributed by atoms with van der Waals surface area (Å²) >= 11 is 1.68. The molecular formula is C22H27N3OS. The molecule has 1 heterocycles. The van der Waals surface area contributed by atoms with Crippen molar-refractivity contribution in [3.63, 3.8) is 0 Å². The predicted molar refractivity (Wildman–Crippen MR) is 113 cm³/mol. The minimum Gasteiger partial charge on any atom is -0.352 e. The first-order valence-corrected chi connectivity index (χ1v) is 10.3. The van der Waals surface area contributed by atoms with Crippen LogP contribution in [0.15, 0.2) is 48.5 Å². The van der Waals surface area contributed by atoms with Crippen LogP contribution in [0.4, 0.5) is 0 Å². The smallest absolute Gasteiger partial charge is 0.220 e. The van der Waals surface area contributed by atoms with Crippen LogP contribution in [0.3, 0.4) is 0 Å². The summed E-state index contributed by atoms with van der Waals surface area (Å²) in [4.78, 5) is 17.0. The maximum absolute atomic E-state index is 12.3. The van der Waals surface area contributed by atoms with E-state index in [1.54, 1.807) is 11.3 Å². The van der Waals surface area contributed by atoms with Gasteiger partial charge < -0.3 is 11.1 Å². The minimum absolute atomic E-state index is 0.0310. The van der Waals surface area contributed by atoms with E-state index in [4.69, 9.17) is 5.73 Å². The quantitative estimate of drug-likeness (QED) is 0.619. The van der Waals surface area contributed by atoms with Crippen LogP contribution >= 0.6 is 11.3 Å². The molecule has 1 aromatic heterocycles. The first-order valence-electron chi connectivity index (χ1n) is 9.48. The number of amides is 1. The fourth-order valence-corrected chi connectivity index (χ4v) is 4.08. The Kier molecular flexibility index (Phi) is 6.58. The van der Waals surface area contributed by atoms with E-state index in [0.29, 0.717) is 25.3 Å². The first kappa shape index (κ1) is 19.5. The lowest BCUT2D eigenvalue weighted by atomic mass is 10.0. The molecule has 0 saturated carbocycles. The third-order valence-electron chi connectivity index (χ3n) is 4.66. The number of aryl methyl sites for hydroxylation is 1. The molecule has 0 fully saturated rings. The van der Waals surface area contributed by atoms with Gasteiger partial charge in [0.25, 0.3) is 0 Å². The molecule has 1 amide bonds. The summed E-state index contributed by atoms with van der Waals surface area (Å²) in [6.07, 6.45) is 1.84. The van der Waals surface area contributed by atoms with Crippen molar-refractivity contribution in [2.75, 3.05) is 6.54 Å². The van der Waals surface area contributed by atoms with E-state index >= 15 is 0 Å². The Balaban J connectivity index is 1.55. The second-order valence-corrected chi connectivity index (χ2v) is 8.29. The van der Waals surface area contributed by atoms with E-state index < -0.39 is 0 Å². The van der Waals surface area contributed by atoms with Crippen molar-refractivity contribution >= 4 is 27.5 Å². The van der Waals surface area contributed by atoms with Crippen LogP contribution in [0.1, 0.15) is 42.3 Å². The van der Waals surface area contributed by atoms with Crippen LogP contribution in [0.5, 0.6) is 0 Å². The van der Waals surface area contributed by atoms with Crippen molar-refractivity contribution in [1.29, 1.82) is 0 Å². The zero-order valence-electron chi connectivity index (χ0n) is 15.9. The van der Waals surface area contributed by atoms with Gasteiger partial charge in [-0.05, 0) is 35.6 Å². The molecule has 3 aromatic rings. The zero-order chi connectivity index (χ0) is 19.2. The predicted octanol–water partition coefficient (Wildman–Crippen LogP) is 4.04. The van der Waals surface area contributed by atoms with Gasteiger partial charge in [-0.25, -0.2) is 4.98 Å². The molecular weight excluding hydrogens is 354 g/mol. The standard InChI is InChI=1S/C22H27N3OS/c1-15(2)17-8-9-19-20(13-17)27-22(25-19)11-10-21(26)24-18(14-23)12-16-6-4-3-5-7-16/h3-9,13,15,18H,10-12,14,23H2,1-2H3,(H,24,26). The lowest BCUT2D eigenvalue weighted by molar-refractivity contribution is -0.121. The molecule has 142 valence electrons. The number of hydrogen-bond donors (Lipinski definition) is 2. The van der Waals surface area contributed by atoms with Gasteiger partial charge in [-0.1, -0.05) is 50.2 Å². The number of nitrogens with two attached hydrogens (primary N) is 1. The molecule has 5 heteroatoms. The third kappa shape index (κ3) is 5.37. The molecule has 2 aromatic carbocycles. The van der Waals surface area contributed by atoms with Crippen LogP contribution < -0.4 is 11.1 Å². The Hall–Kier alpha value is -2.24. The molecule has 3 rings (SSSR count). The largest absolute Gasteiger partial charge is 0.352 e. The average molecular weight is 382 g/mol. The minimum atomic E-state index is -0.0381. The van der Waals surface area contributed by atoms with Gasteiger partial charge in [0.15, 0.2) is 0 Å². The molecule has 27 heavy (non-hydrogen) atoms. The monoisotopic (exact) mass is 381 g/mol. The maximum atomic E-state index is 12.3. The van der Waals surface area contributed by atoms with E-state index in [1.165, 1.54) is 15.8 Å². The fraction of sp³-hybridized carbons (Fsp3) is 0.364. The van der Waals surface area contributed by atoms with Crippen molar-refractivity contribution in [1.82, 2.24) is 10.3 Å². The Morgan fingerprint density at radius 2 is 1.96 bits per heavy atom. The molecule has 0 radical (unpaired) electrons. The second-order valence-electron chi connectivity index (χ2n) is 7.18. The normalized spacial score (nSPS) is 12.4. The summed E-state index contributed by atoms with van der Waals surface area (Å²) in [5.41, 5.74) is 9.36. The lowest BCUT2D eigenvalue weighted by Gasteiger charge is -2.16. The van der Waals surface area contributed by atoms with Gasteiger partial charge in [0.2, 0.25) is 5.91 Å². The number of thiazole rings is 1. The summed E-state index contributed by atoms with van der Waals surface area (Å²) in [5, 5.41) is 4.06. The molecule has 0 bridgehead atoms. The first-order chi connectivity index (χ1) is 13.0. The summed E-state index contributed by atoms with van der Waals surface area (Å²) in [7, 11) is 0. The van der Waals surface area contributed by atoms with Crippen LogP contribution in [0, 0.1) is 0 Å². The van der Waals surface area contributed by atoms with Gasteiger partial charge >= 0.3 is 0 Å². The van der Waals surface area contributed by atoms with Crippen molar-refractivity contribution in [3.05, 3.63) is 64.7 Å². The topological polar surface area (TPSA) is 68.0 Å². The van der Waals surface area contributed by atoms with E-state index in [0.717, 1.165) is 16.9 Å². The van der Waals surface area contributed by atoms with Gasteiger partial charge in [0.05, 0.1) is 15.2 Å². The third-order valence-corrected chi connectivity index (χ3v) is 5.74. The highest BCUT2D eigenvalue weighted by molar-refractivity contribution is 7.18. The molecule has 3 N–H and O–H groups in total. The van der Waals surface area contributed by atoms with Crippen LogP contribution in [0.2, 0.25) is 0 Å². The Morgan fingerprint density at radius 3 is 2.67 bits per heavy atom. The zero-order valence-corrected chi connectivity index (χ0v) is 16.8. The van der Waals surface area contributed by atoms with Crippen molar-refractivity contribution in [2.24, 2.45) is 5.73 Å². The number of carbonyl (C=O) groups excluding carboxylic acids is 1. The van der Waals surface area contributed by atoms with Crippen molar-refractivity contribution in [2.45, 2.75) is 45.1 Å². The summed E-state index contributed by atoms with van der Waals surface area (Å²) in [6, 6.07) is 16.5. The SMILES string of the molecule is CC(C)c1ccc2nc(CCC(=O)NC(CN)Cc3ccccc3)sc2c1. The fourth-order valence-electron chi connectivity index (χ4n) is 3.07. The highest BCUT2D eigenvalue weighted by Crippen LogP contribution is 2.26. The Bertz CT molecular complexity index is 889. The molecule has 0 saturated heterocycles. The molecule has 4 nitrogen and oxygen atoms in total. The van der Waals surface area contributed by atoms with Crippen molar-refractivity contribution in [3.8, 4) is 0 Å². The van der Waals surface area contributed by atoms with Gasteiger partial charge in [-0.2, -0.15) is 0 Å². The Morgan fingerprint density at radius 1 is 1.19 bits per heavy atom. The number of fused-ring (bicyclic) bond motifs is 1. The summed E-state index contributed by atoms with van der Waals surface area (Å²) in [6.45, 7) is 4.81. The summed E-state index contributed by atoms with van der Waals surface area (Å²) < 4.78 is 1.19.